The van der Waals surface area contributed by atoms with E-state index in [-0.39, 0.29) is 34.3 Å². The first-order chi connectivity index (χ1) is 13.6. The molecule has 1 rings (SSSR count). The van der Waals surface area contributed by atoms with Gasteiger partial charge in [-0.05, 0) is 12.1 Å². The SMILES string of the molecule is O=S(=O)(OCNS(=O)(=O)C(F)(F)C(F)(F)C(F)(F)C(F)(F)C(F)(F)F)c1ccccc1.[Na]. The van der Waals surface area contributed by atoms with Crippen LogP contribution in [-0.4, -0.2) is 82.3 Å². The quantitative estimate of drug-likeness (QED) is 0.225. The van der Waals surface area contributed by atoms with Crippen molar-refractivity contribution in [3.8, 4) is 0 Å². The van der Waals surface area contributed by atoms with Gasteiger partial charge in [-0.15, -0.1) is 0 Å². The second-order valence-corrected chi connectivity index (χ2v) is 8.84. The van der Waals surface area contributed by atoms with Crippen molar-refractivity contribution in [2.24, 2.45) is 0 Å². The Labute approximate surface area is 194 Å². The smallest absolute Gasteiger partial charge is 0.250 e. The van der Waals surface area contributed by atoms with E-state index in [2.05, 4.69) is 4.18 Å². The second kappa shape index (κ2) is 9.49. The van der Waals surface area contributed by atoms with Crippen molar-refractivity contribution in [3.63, 3.8) is 0 Å². The van der Waals surface area contributed by atoms with Crippen molar-refractivity contribution in [3.05, 3.63) is 30.3 Å². The van der Waals surface area contributed by atoms with Crippen molar-refractivity contribution < 1.29 is 69.3 Å². The summed E-state index contributed by atoms with van der Waals surface area (Å²) in [7, 11) is -12.1. The van der Waals surface area contributed by atoms with Gasteiger partial charge in [0.25, 0.3) is 20.1 Å². The molecule has 1 radical (unpaired) electrons. The van der Waals surface area contributed by atoms with Crippen molar-refractivity contribution in [2.75, 3.05) is 6.73 Å². The molecule has 0 saturated heterocycles. The molecule has 0 aliphatic heterocycles. The summed E-state index contributed by atoms with van der Waals surface area (Å²) in [6, 6.07) is 5.19. The zero-order valence-electron chi connectivity index (χ0n) is 15.1. The summed E-state index contributed by atoms with van der Waals surface area (Å²) in [5.41, 5.74) is 0. The van der Waals surface area contributed by atoms with Crippen LogP contribution >= 0.6 is 0 Å². The van der Waals surface area contributed by atoms with E-state index in [0.717, 1.165) is 24.3 Å². The molecular weight excluding hydrogens is 534 g/mol. The Bertz CT molecular complexity index is 998. The monoisotopic (exact) mass is 542 g/mol. The van der Waals surface area contributed by atoms with Crippen molar-refractivity contribution in [1.82, 2.24) is 4.72 Å². The van der Waals surface area contributed by atoms with Crippen LogP contribution in [0, 0.1) is 0 Å². The Morgan fingerprint density at radius 1 is 0.719 bits per heavy atom. The van der Waals surface area contributed by atoms with Crippen LogP contribution in [0.1, 0.15) is 0 Å². The van der Waals surface area contributed by atoms with Crippen LogP contribution in [0.15, 0.2) is 35.2 Å². The van der Waals surface area contributed by atoms with E-state index >= 15 is 0 Å². The number of hydrogen-bond donors (Lipinski definition) is 1. The van der Waals surface area contributed by atoms with Gasteiger partial charge in [-0.25, -0.2) is 12.6 Å². The molecule has 0 amide bonds. The minimum Gasteiger partial charge on any atom is -0.250 e. The molecule has 0 bridgehead atoms. The van der Waals surface area contributed by atoms with Crippen LogP contribution < -0.4 is 4.72 Å². The molecule has 0 atom stereocenters. The van der Waals surface area contributed by atoms with E-state index in [1.54, 1.807) is 0 Å². The van der Waals surface area contributed by atoms with Gasteiger partial charge in [0, 0.05) is 29.6 Å². The first kappa shape index (κ1) is 31.3. The van der Waals surface area contributed by atoms with Crippen LogP contribution in [0.4, 0.5) is 48.3 Å². The van der Waals surface area contributed by atoms with Crippen LogP contribution in [0.25, 0.3) is 0 Å². The summed E-state index contributed by atoms with van der Waals surface area (Å²) in [6.45, 7) is -2.13. The Kier molecular flexibility index (Phi) is 9.28. The van der Waals surface area contributed by atoms with Crippen LogP contribution in [0.5, 0.6) is 0 Å². The van der Waals surface area contributed by atoms with Crippen LogP contribution in [0.2, 0.25) is 0 Å². The van der Waals surface area contributed by atoms with Crippen molar-refractivity contribution in [2.45, 2.75) is 34.1 Å². The average molecular weight is 542 g/mol. The Balaban J connectivity index is 0.00000961. The van der Waals surface area contributed by atoms with Crippen molar-refractivity contribution in [1.29, 1.82) is 0 Å². The molecule has 0 saturated carbocycles. The number of halogens is 11. The van der Waals surface area contributed by atoms with Gasteiger partial charge in [-0.3, -0.25) is 0 Å². The number of nitrogens with one attached hydrogen (secondary N) is 1. The summed E-state index contributed by atoms with van der Waals surface area (Å²) in [5.74, 6) is -23.6. The first-order valence-corrected chi connectivity index (χ1v) is 9.97. The number of hydrogen-bond acceptors (Lipinski definition) is 5. The van der Waals surface area contributed by atoms with E-state index in [9.17, 15) is 65.1 Å². The Morgan fingerprint density at radius 3 is 1.56 bits per heavy atom. The Hall–Kier alpha value is -0.730. The third-order valence-electron chi connectivity index (χ3n) is 3.34. The van der Waals surface area contributed by atoms with E-state index in [4.69, 9.17) is 0 Å². The molecule has 181 valence electrons. The van der Waals surface area contributed by atoms with Gasteiger partial charge < -0.3 is 0 Å². The number of rotatable bonds is 9. The van der Waals surface area contributed by atoms with Crippen LogP contribution in [0.3, 0.4) is 0 Å². The summed E-state index contributed by atoms with van der Waals surface area (Å²) in [5, 5.41) is -7.29. The number of sulfonamides is 1. The molecule has 1 aromatic rings. The van der Waals surface area contributed by atoms with Gasteiger partial charge in [-0.2, -0.15) is 61.4 Å². The normalized spacial score (nSPS) is 14.7. The van der Waals surface area contributed by atoms with Crippen LogP contribution in [-0.2, 0) is 24.3 Å². The number of alkyl halides is 11. The molecular formula is C12H8F11NNaO5S2. The maximum Gasteiger partial charge on any atom is 0.460 e. The standard InChI is InChI=1S/C12H8F11NO5S2.Na/c13-8(14,9(15,16)11(19,20)21)10(17,18)12(22,23)31(27,28)24-6-29-30(25,26)7-4-2-1-3-5-7;/h1-5,24H,6H2;. The molecule has 0 spiro atoms. The fourth-order valence-corrected chi connectivity index (χ4v) is 3.43. The second-order valence-electron chi connectivity index (χ2n) is 5.41. The van der Waals surface area contributed by atoms with Gasteiger partial charge in [0.1, 0.15) is 6.73 Å². The van der Waals surface area contributed by atoms with Gasteiger partial charge in [0.05, 0.1) is 4.90 Å². The van der Waals surface area contributed by atoms with Gasteiger partial charge >= 0.3 is 29.2 Å². The molecule has 0 heterocycles. The molecule has 1 aromatic carbocycles. The zero-order valence-corrected chi connectivity index (χ0v) is 18.7. The van der Waals surface area contributed by atoms with Gasteiger partial charge in [0.15, 0.2) is 0 Å². The summed E-state index contributed by atoms with van der Waals surface area (Å²) in [4.78, 5) is -0.706. The topological polar surface area (TPSA) is 89.5 Å². The minimum absolute atomic E-state index is 0. The number of benzene rings is 1. The summed E-state index contributed by atoms with van der Waals surface area (Å²) < 4.78 is 191. The molecule has 0 unspecified atom stereocenters. The molecule has 1 N–H and O–H groups in total. The average Bonchev–Trinajstić information content (AvgIpc) is 2.60. The fourth-order valence-electron chi connectivity index (χ4n) is 1.65. The first-order valence-electron chi connectivity index (χ1n) is 7.08. The fraction of sp³-hybridized carbons (Fsp3) is 0.500. The molecule has 0 aliphatic carbocycles. The van der Waals surface area contributed by atoms with Gasteiger partial charge in [-0.1, -0.05) is 18.2 Å². The van der Waals surface area contributed by atoms with E-state index < -0.39 is 61.0 Å². The van der Waals surface area contributed by atoms with E-state index in [1.807, 2.05) is 0 Å². The summed E-state index contributed by atoms with van der Waals surface area (Å²) in [6.07, 6.45) is -7.47. The maximum atomic E-state index is 13.6. The third-order valence-corrected chi connectivity index (χ3v) is 6.05. The molecule has 0 aromatic heterocycles. The predicted molar refractivity (Wildman–Crippen MR) is 83.2 cm³/mol. The molecule has 32 heavy (non-hydrogen) atoms. The van der Waals surface area contributed by atoms with Crippen molar-refractivity contribution >= 4 is 49.7 Å². The largest absolute Gasteiger partial charge is 0.460 e. The minimum atomic E-state index is -7.95. The predicted octanol–water partition coefficient (Wildman–Crippen LogP) is 2.95. The summed E-state index contributed by atoms with van der Waals surface area (Å²) >= 11 is 0. The molecule has 0 aliphatic rings. The Morgan fingerprint density at radius 2 is 1.16 bits per heavy atom. The molecule has 0 fully saturated rings. The van der Waals surface area contributed by atoms with E-state index in [1.165, 1.54) is 6.07 Å². The molecule has 20 heteroatoms. The maximum absolute atomic E-state index is 13.6. The zero-order chi connectivity index (χ0) is 24.7. The van der Waals surface area contributed by atoms with E-state index in [0.29, 0.717) is 0 Å². The van der Waals surface area contributed by atoms with Gasteiger partial charge in [0.2, 0.25) is 0 Å². The third kappa shape index (κ3) is 5.33. The molecule has 6 nitrogen and oxygen atoms in total.